The van der Waals surface area contributed by atoms with Crippen molar-refractivity contribution in [1.29, 1.82) is 0 Å². The predicted octanol–water partition coefficient (Wildman–Crippen LogP) is 4.05. The zero-order valence-electron chi connectivity index (χ0n) is 10.4. The van der Waals surface area contributed by atoms with Crippen molar-refractivity contribution in [2.45, 2.75) is 12.5 Å². The summed E-state index contributed by atoms with van der Waals surface area (Å²) in [6.45, 7) is 0.0460. The quantitative estimate of drug-likeness (QED) is 0.475. The van der Waals surface area contributed by atoms with Gasteiger partial charge in [0, 0.05) is 11.9 Å². The van der Waals surface area contributed by atoms with E-state index in [-0.39, 0.29) is 29.7 Å². The first-order chi connectivity index (χ1) is 9.60. The lowest BCUT2D eigenvalue weighted by atomic mass is 10.2. The van der Waals surface area contributed by atoms with Crippen LogP contribution in [0.1, 0.15) is 11.1 Å². The van der Waals surface area contributed by atoms with Crippen LogP contribution in [0.2, 0.25) is 0 Å². The molecule has 0 radical (unpaired) electrons. The van der Waals surface area contributed by atoms with E-state index < -0.39 is 4.92 Å². The predicted molar refractivity (Wildman–Crippen MR) is 73.4 cm³/mol. The fourth-order valence-corrected chi connectivity index (χ4v) is 1.86. The highest BCUT2D eigenvalue weighted by Crippen LogP contribution is 2.29. The summed E-state index contributed by atoms with van der Waals surface area (Å²) in [7, 11) is 0. The average Bonchev–Trinajstić information content (AvgIpc) is 2.44. The van der Waals surface area contributed by atoms with Crippen LogP contribution in [0.3, 0.4) is 0 Å². The highest BCUT2D eigenvalue weighted by Gasteiger charge is 2.15. The van der Waals surface area contributed by atoms with Crippen molar-refractivity contribution >= 4 is 17.3 Å². The number of alkyl halides is 1. The van der Waals surface area contributed by atoms with Crippen molar-refractivity contribution in [3.8, 4) is 5.75 Å². The summed E-state index contributed by atoms with van der Waals surface area (Å²) in [5, 5.41) is 10.9. The van der Waals surface area contributed by atoms with Gasteiger partial charge in [-0.15, -0.1) is 11.6 Å². The van der Waals surface area contributed by atoms with E-state index >= 15 is 0 Å². The summed E-state index contributed by atoms with van der Waals surface area (Å²) in [5.41, 5.74) is 1.16. The van der Waals surface area contributed by atoms with Gasteiger partial charge in [0.15, 0.2) is 5.75 Å². The molecule has 0 aliphatic carbocycles. The van der Waals surface area contributed by atoms with Crippen LogP contribution in [-0.4, -0.2) is 4.92 Å². The van der Waals surface area contributed by atoms with Gasteiger partial charge in [0.2, 0.25) is 0 Å². The zero-order chi connectivity index (χ0) is 14.5. The molecule has 0 fully saturated rings. The molecule has 0 aliphatic heterocycles. The van der Waals surface area contributed by atoms with Gasteiger partial charge in [0.25, 0.3) is 0 Å². The van der Waals surface area contributed by atoms with Gasteiger partial charge in [-0.25, -0.2) is 4.39 Å². The molecule has 2 aromatic rings. The third-order valence-corrected chi connectivity index (χ3v) is 2.97. The van der Waals surface area contributed by atoms with Gasteiger partial charge >= 0.3 is 5.69 Å². The number of ether oxygens (including phenoxy) is 1. The fraction of sp³-hybridized carbons (Fsp3) is 0.143. The minimum atomic E-state index is -0.529. The number of halogens is 2. The maximum absolute atomic E-state index is 13.0. The van der Waals surface area contributed by atoms with Gasteiger partial charge < -0.3 is 4.74 Å². The van der Waals surface area contributed by atoms with Crippen LogP contribution in [0.4, 0.5) is 10.1 Å². The Morgan fingerprint density at radius 3 is 2.65 bits per heavy atom. The Balaban J connectivity index is 2.21. The average molecular weight is 296 g/mol. The molecule has 4 nitrogen and oxygen atoms in total. The Morgan fingerprint density at radius 1 is 1.20 bits per heavy atom. The number of nitro benzene ring substituents is 1. The van der Waals surface area contributed by atoms with Gasteiger partial charge in [-0.05, 0) is 29.3 Å². The molecule has 2 rings (SSSR count). The van der Waals surface area contributed by atoms with Crippen LogP contribution in [0.15, 0.2) is 42.5 Å². The van der Waals surface area contributed by atoms with E-state index in [1.54, 1.807) is 18.2 Å². The van der Waals surface area contributed by atoms with Crippen molar-refractivity contribution in [2.24, 2.45) is 0 Å². The summed E-state index contributed by atoms with van der Waals surface area (Å²) >= 11 is 5.69. The zero-order valence-corrected chi connectivity index (χ0v) is 11.1. The first-order valence-corrected chi connectivity index (χ1v) is 6.34. The molecular weight excluding hydrogens is 285 g/mol. The van der Waals surface area contributed by atoms with E-state index in [4.69, 9.17) is 16.3 Å². The maximum Gasteiger partial charge on any atom is 0.310 e. The van der Waals surface area contributed by atoms with Crippen LogP contribution in [0, 0.1) is 15.9 Å². The first kappa shape index (κ1) is 14.3. The highest BCUT2D eigenvalue weighted by atomic mass is 35.5. The second-order valence-electron chi connectivity index (χ2n) is 4.11. The molecule has 0 saturated heterocycles. The topological polar surface area (TPSA) is 52.4 Å². The van der Waals surface area contributed by atoms with Crippen LogP contribution in [-0.2, 0) is 12.5 Å². The summed E-state index contributed by atoms with van der Waals surface area (Å²) in [6.07, 6.45) is 0. The Bertz CT molecular complexity index is 634. The smallest absolute Gasteiger partial charge is 0.310 e. The molecular formula is C14H11ClFNO3. The molecule has 0 bridgehead atoms. The van der Waals surface area contributed by atoms with Crippen molar-refractivity contribution in [2.75, 3.05) is 0 Å². The van der Waals surface area contributed by atoms with E-state index in [1.165, 1.54) is 24.3 Å². The molecule has 0 aromatic heterocycles. The largest absolute Gasteiger partial charge is 0.482 e. The number of hydrogen-bond acceptors (Lipinski definition) is 3. The molecule has 0 atom stereocenters. The van der Waals surface area contributed by atoms with Crippen molar-refractivity contribution in [3.05, 3.63) is 69.5 Å². The minimum absolute atomic E-state index is 0.0460. The monoisotopic (exact) mass is 295 g/mol. The number of hydrogen-bond donors (Lipinski definition) is 0. The van der Waals surface area contributed by atoms with Gasteiger partial charge in [-0.2, -0.15) is 0 Å². The SMILES string of the molecule is O=[N+]([O-])c1ccc(CCl)cc1OCc1cccc(F)c1. The van der Waals surface area contributed by atoms with Gasteiger partial charge in [-0.3, -0.25) is 10.1 Å². The number of benzene rings is 2. The van der Waals surface area contributed by atoms with E-state index in [0.29, 0.717) is 11.1 Å². The van der Waals surface area contributed by atoms with Crippen LogP contribution < -0.4 is 4.74 Å². The van der Waals surface area contributed by atoms with Gasteiger partial charge in [0.05, 0.1) is 4.92 Å². The van der Waals surface area contributed by atoms with Crippen LogP contribution in [0.5, 0.6) is 5.75 Å². The third-order valence-electron chi connectivity index (χ3n) is 2.66. The fourth-order valence-electron chi connectivity index (χ4n) is 1.70. The Hall–Kier alpha value is -2.14. The summed E-state index contributed by atoms with van der Waals surface area (Å²) in [5.74, 6) is -0.0265. The van der Waals surface area contributed by atoms with E-state index in [1.807, 2.05) is 0 Å². The molecule has 2 aromatic carbocycles. The molecule has 104 valence electrons. The molecule has 0 unspecified atom stereocenters. The van der Waals surface area contributed by atoms with Crippen molar-refractivity contribution in [1.82, 2.24) is 0 Å². The van der Waals surface area contributed by atoms with E-state index in [9.17, 15) is 14.5 Å². The molecule has 0 amide bonds. The van der Waals surface area contributed by atoms with Crippen LogP contribution >= 0.6 is 11.6 Å². The molecule has 20 heavy (non-hydrogen) atoms. The van der Waals surface area contributed by atoms with E-state index in [0.717, 1.165) is 0 Å². The second-order valence-corrected chi connectivity index (χ2v) is 4.38. The molecule has 0 saturated carbocycles. The highest BCUT2D eigenvalue weighted by molar-refractivity contribution is 6.17. The summed E-state index contributed by atoms with van der Waals surface area (Å²) in [6, 6.07) is 10.3. The number of nitro groups is 1. The standard InChI is InChI=1S/C14H11ClFNO3/c15-8-10-4-5-13(17(18)19)14(7-10)20-9-11-2-1-3-12(16)6-11/h1-7H,8-9H2. The van der Waals surface area contributed by atoms with Crippen molar-refractivity contribution in [3.63, 3.8) is 0 Å². The van der Waals surface area contributed by atoms with Crippen LogP contribution in [0.25, 0.3) is 0 Å². The summed E-state index contributed by atoms with van der Waals surface area (Å²) in [4.78, 5) is 10.4. The Morgan fingerprint density at radius 2 is 2.00 bits per heavy atom. The molecule has 0 aliphatic rings. The molecule has 0 spiro atoms. The number of nitrogens with zero attached hydrogens (tertiary/aromatic N) is 1. The molecule has 0 N–H and O–H groups in total. The Kier molecular flexibility index (Phi) is 4.53. The lowest BCUT2D eigenvalue weighted by molar-refractivity contribution is -0.386. The summed E-state index contributed by atoms with van der Waals surface area (Å²) < 4.78 is 18.5. The lowest BCUT2D eigenvalue weighted by Crippen LogP contribution is -2.00. The lowest BCUT2D eigenvalue weighted by Gasteiger charge is -2.08. The molecule has 0 heterocycles. The Labute approximate surface area is 119 Å². The van der Waals surface area contributed by atoms with Gasteiger partial charge in [-0.1, -0.05) is 18.2 Å². The third kappa shape index (κ3) is 3.45. The maximum atomic E-state index is 13.0. The molecule has 6 heteroatoms. The minimum Gasteiger partial charge on any atom is -0.482 e. The normalized spacial score (nSPS) is 10.3. The number of rotatable bonds is 5. The van der Waals surface area contributed by atoms with E-state index in [2.05, 4.69) is 0 Å². The van der Waals surface area contributed by atoms with Crippen molar-refractivity contribution < 1.29 is 14.1 Å². The second kappa shape index (κ2) is 6.34. The van der Waals surface area contributed by atoms with Gasteiger partial charge in [0.1, 0.15) is 12.4 Å². The first-order valence-electron chi connectivity index (χ1n) is 5.80.